The van der Waals surface area contributed by atoms with Crippen molar-refractivity contribution in [3.05, 3.63) is 34.5 Å². The summed E-state index contributed by atoms with van der Waals surface area (Å²) in [5, 5.41) is 6.03. The van der Waals surface area contributed by atoms with E-state index in [9.17, 15) is 4.79 Å². The topological polar surface area (TPSA) is 117 Å². The zero-order valence-corrected chi connectivity index (χ0v) is 9.50. The van der Waals surface area contributed by atoms with Crippen molar-refractivity contribution < 1.29 is 4.79 Å². The fraction of sp³-hybridized carbons (Fsp3) is 0.400. The summed E-state index contributed by atoms with van der Waals surface area (Å²) in [6, 6.07) is 2.86. The molecular formula is C10H14N6O. The van der Waals surface area contributed by atoms with Crippen molar-refractivity contribution in [3.8, 4) is 0 Å². The van der Waals surface area contributed by atoms with Gasteiger partial charge < -0.3 is 11.1 Å². The lowest BCUT2D eigenvalue weighted by Gasteiger charge is -2.09. The first-order valence-electron chi connectivity index (χ1n) is 5.19. The highest BCUT2D eigenvalue weighted by Crippen LogP contribution is 2.07. The largest absolute Gasteiger partial charge is 0.323 e. The molecule has 0 aliphatic carbocycles. The number of hydrogen-bond donors (Lipinski definition) is 2. The first-order chi connectivity index (χ1) is 8.17. The minimum Gasteiger partial charge on any atom is -0.323 e. The van der Waals surface area contributed by atoms with Crippen molar-refractivity contribution in [2.45, 2.75) is 25.9 Å². The van der Waals surface area contributed by atoms with Gasteiger partial charge in [-0.3, -0.25) is 9.78 Å². The lowest BCUT2D eigenvalue weighted by atomic mass is 10.2. The number of hydrogen-bond acceptors (Lipinski definition) is 4. The predicted molar refractivity (Wildman–Crippen MR) is 64.0 cm³/mol. The van der Waals surface area contributed by atoms with Crippen LogP contribution in [0.2, 0.25) is 0 Å². The molecule has 0 saturated carbocycles. The molecule has 0 spiro atoms. The van der Waals surface area contributed by atoms with Crippen LogP contribution in [0.25, 0.3) is 10.4 Å². The third-order valence-electron chi connectivity index (χ3n) is 2.16. The number of aromatic nitrogens is 1. The van der Waals surface area contributed by atoms with Crippen molar-refractivity contribution >= 4 is 11.6 Å². The van der Waals surface area contributed by atoms with E-state index in [-0.39, 0.29) is 12.5 Å². The van der Waals surface area contributed by atoms with Crippen LogP contribution in [0.4, 0.5) is 5.69 Å². The molecule has 0 saturated heterocycles. The summed E-state index contributed by atoms with van der Waals surface area (Å²) >= 11 is 0. The van der Waals surface area contributed by atoms with Gasteiger partial charge >= 0.3 is 0 Å². The summed E-state index contributed by atoms with van der Waals surface area (Å²) in [7, 11) is 0. The number of anilines is 1. The summed E-state index contributed by atoms with van der Waals surface area (Å²) in [4.78, 5) is 18.1. The maximum atomic E-state index is 11.5. The van der Waals surface area contributed by atoms with E-state index in [0.717, 1.165) is 0 Å². The zero-order chi connectivity index (χ0) is 12.7. The quantitative estimate of drug-likeness (QED) is 0.457. The van der Waals surface area contributed by atoms with Crippen LogP contribution in [0.5, 0.6) is 0 Å². The molecule has 0 fully saturated rings. The number of nitrogens with zero attached hydrogens (tertiary/aromatic N) is 4. The molecule has 90 valence electrons. The summed E-state index contributed by atoms with van der Waals surface area (Å²) in [6.07, 6.45) is 2.08. The Morgan fingerprint density at radius 3 is 3.00 bits per heavy atom. The van der Waals surface area contributed by atoms with Gasteiger partial charge in [0.05, 0.1) is 24.5 Å². The number of carbonyl (C=O) groups excluding carboxylic acids is 1. The van der Waals surface area contributed by atoms with Gasteiger partial charge in [-0.15, -0.1) is 0 Å². The van der Waals surface area contributed by atoms with E-state index in [1.165, 1.54) is 6.20 Å². The van der Waals surface area contributed by atoms with Gasteiger partial charge in [0.15, 0.2) is 0 Å². The molecule has 0 aliphatic rings. The third-order valence-corrected chi connectivity index (χ3v) is 2.16. The maximum Gasteiger partial charge on any atom is 0.241 e. The van der Waals surface area contributed by atoms with Gasteiger partial charge in [0.25, 0.3) is 0 Å². The highest BCUT2D eigenvalue weighted by atomic mass is 16.2. The van der Waals surface area contributed by atoms with Gasteiger partial charge in [-0.25, -0.2) is 0 Å². The summed E-state index contributed by atoms with van der Waals surface area (Å²) in [5.74, 6) is -0.239. The second kappa shape index (κ2) is 6.47. The van der Waals surface area contributed by atoms with Crippen molar-refractivity contribution in [2.75, 3.05) is 5.32 Å². The van der Waals surface area contributed by atoms with Crippen LogP contribution >= 0.6 is 0 Å². The Bertz CT molecular complexity index is 423. The van der Waals surface area contributed by atoms with Crippen LogP contribution in [0.1, 0.15) is 19.0 Å². The first kappa shape index (κ1) is 13.0. The van der Waals surface area contributed by atoms with Gasteiger partial charge in [-0.05, 0) is 24.1 Å². The average Bonchev–Trinajstić information content (AvgIpc) is 2.37. The van der Waals surface area contributed by atoms with Crippen LogP contribution in [0.3, 0.4) is 0 Å². The molecule has 1 atom stereocenters. The van der Waals surface area contributed by atoms with Gasteiger partial charge in [-0.1, -0.05) is 12.0 Å². The third kappa shape index (κ3) is 4.10. The molecule has 0 radical (unpaired) electrons. The first-order valence-corrected chi connectivity index (χ1v) is 5.19. The van der Waals surface area contributed by atoms with E-state index in [1.807, 2.05) is 6.92 Å². The monoisotopic (exact) mass is 234 g/mol. The van der Waals surface area contributed by atoms with Crippen LogP contribution in [0, 0.1) is 0 Å². The van der Waals surface area contributed by atoms with E-state index >= 15 is 0 Å². The van der Waals surface area contributed by atoms with Crippen LogP contribution in [-0.2, 0) is 11.3 Å². The Labute approximate surface area is 98.7 Å². The second-order valence-electron chi connectivity index (χ2n) is 3.43. The molecular weight excluding hydrogens is 220 g/mol. The lowest BCUT2D eigenvalue weighted by Crippen LogP contribution is -2.34. The summed E-state index contributed by atoms with van der Waals surface area (Å²) in [6.45, 7) is 2.03. The van der Waals surface area contributed by atoms with Crippen molar-refractivity contribution in [2.24, 2.45) is 10.8 Å². The molecule has 17 heavy (non-hydrogen) atoms. The Hall–Kier alpha value is -2.11. The Morgan fingerprint density at radius 1 is 1.71 bits per heavy atom. The highest BCUT2D eigenvalue weighted by molar-refractivity contribution is 5.94. The molecule has 1 heterocycles. The normalized spacial score (nSPS) is 11.4. The van der Waals surface area contributed by atoms with Gasteiger partial charge in [-0.2, -0.15) is 0 Å². The molecule has 7 heteroatoms. The molecule has 1 unspecified atom stereocenters. The standard InChI is InChI=1S/C10H14N6O/c1-2-9(11)10(17)15-8-4-3-7(13-5-8)6-14-16-12/h3-5,9H,2,6,11H2,1H3,(H,15,17). The smallest absolute Gasteiger partial charge is 0.241 e. The van der Waals surface area contributed by atoms with Crippen LogP contribution < -0.4 is 11.1 Å². The molecule has 7 nitrogen and oxygen atoms in total. The summed E-state index contributed by atoms with van der Waals surface area (Å²) < 4.78 is 0. The molecule has 0 aromatic carbocycles. The Kier molecular flexibility index (Phi) is 4.93. The van der Waals surface area contributed by atoms with E-state index in [2.05, 4.69) is 20.3 Å². The minimum absolute atomic E-state index is 0.194. The van der Waals surface area contributed by atoms with Crippen molar-refractivity contribution in [3.63, 3.8) is 0 Å². The Balaban J connectivity index is 2.62. The van der Waals surface area contributed by atoms with Gasteiger partial charge in [0.2, 0.25) is 5.91 Å². The molecule has 1 rings (SSSR count). The molecule has 1 aromatic heterocycles. The number of rotatable bonds is 5. The molecule has 1 aromatic rings. The second-order valence-corrected chi connectivity index (χ2v) is 3.43. The maximum absolute atomic E-state index is 11.5. The SMILES string of the molecule is CCC(N)C(=O)Nc1ccc(CN=[N+]=[N-])nc1. The number of azide groups is 1. The predicted octanol–water partition coefficient (Wildman–Crippen LogP) is 1.57. The van der Waals surface area contributed by atoms with E-state index < -0.39 is 6.04 Å². The number of pyridine rings is 1. The van der Waals surface area contributed by atoms with E-state index in [4.69, 9.17) is 11.3 Å². The number of nitrogens with one attached hydrogen (secondary N) is 1. The fourth-order valence-corrected chi connectivity index (χ4v) is 1.12. The molecule has 3 N–H and O–H groups in total. The number of nitrogens with two attached hydrogens (primary N) is 1. The average molecular weight is 234 g/mol. The molecule has 1 amide bonds. The zero-order valence-electron chi connectivity index (χ0n) is 9.50. The summed E-state index contributed by atoms with van der Waals surface area (Å²) in [5.41, 5.74) is 14.9. The van der Waals surface area contributed by atoms with Crippen LogP contribution in [0.15, 0.2) is 23.4 Å². The Morgan fingerprint density at radius 2 is 2.47 bits per heavy atom. The highest BCUT2D eigenvalue weighted by Gasteiger charge is 2.10. The van der Waals surface area contributed by atoms with Crippen molar-refractivity contribution in [1.29, 1.82) is 0 Å². The fourth-order valence-electron chi connectivity index (χ4n) is 1.12. The lowest BCUT2D eigenvalue weighted by molar-refractivity contribution is -0.117. The van der Waals surface area contributed by atoms with Gasteiger partial charge in [0, 0.05) is 10.6 Å². The number of amides is 1. The number of carbonyl (C=O) groups is 1. The minimum atomic E-state index is -0.516. The van der Waals surface area contributed by atoms with Crippen LogP contribution in [-0.4, -0.2) is 16.9 Å². The molecule has 0 bridgehead atoms. The van der Waals surface area contributed by atoms with E-state index in [0.29, 0.717) is 17.8 Å². The van der Waals surface area contributed by atoms with E-state index in [1.54, 1.807) is 12.1 Å². The van der Waals surface area contributed by atoms with Crippen molar-refractivity contribution in [1.82, 2.24) is 4.98 Å². The molecule has 0 aliphatic heterocycles. The van der Waals surface area contributed by atoms with Gasteiger partial charge in [0.1, 0.15) is 0 Å².